The largest absolute Gasteiger partial charge is 0.633 e. The highest BCUT2D eigenvalue weighted by molar-refractivity contribution is 5.75. The van der Waals surface area contributed by atoms with Gasteiger partial charge in [0.25, 0.3) is 0 Å². The molecule has 0 unspecified atom stereocenters. The molecule has 0 aliphatic carbocycles. The summed E-state index contributed by atoms with van der Waals surface area (Å²) in [6, 6.07) is 8.36. The van der Waals surface area contributed by atoms with Gasteiger partial charge in [0, 0.05) is 5.56 Å². The molecule has 0 radical (unpaired) electrons. The molecule has 0 spiro atoms. The number of rotatable bonds is 3. The van der Waals surface area contributed by atoms with Gasteiger partial charge in [0.1, 0.15) is 0 Å². The van der Waals surface area contributed by atoms with Crippen LogP contribution in [0.3, 0.4) is 0 Å². The van der Waals surface area contributed by atoms with Crippen LogP contribution in [0, 0.1) is 0 Å². The van der Waals surface area contributed by atoms with Gasteiger partial charge in [-0.25, -0.2) is 0 Å². The summed E-state index contributed by atoms with van der Waals surface area (Å²) in [6.07, 6.45) is -2.10. The van der Waals surface area contributed by atoms with Crippen molar-refractivity contribution in [3.05, 3.63) is 48.6 Å². The van der Waals surface area contributed by atoms with Crippen molar-refractivity contribution in [3.63, 3.8) is 0 Å². The van der Waals surface area contributed by atoms with Crippen LogP contribution >= 0.6 is 0 Å². The third kappa shape index (κ3) is 3.58. The average molecular weight is 214 g/mol. The molecule has 0 bridgehead atoms. The second-order valence-electron chi connectivity index (χ2n) is 2.95. The minimum Gasteiger partial charge on any atom is -0.136 e. The lowest BCUT2D eigenvalue weighted by atomic mass is 10.2. The van der Waals surface area contributed by atoms with Crippen LogP contribution in [0.15, 0.2) is 43.0 Å². The zero-order chi connectivity index (χ0) is 11.3. The van der Waals surface area contributed by atoms with Crippen LogP contribution in [0.2, 0.25) is 0 Å². The maximum Gasteiger partial charge on any atom is 0.633 e. The van der Waals surface area contributed by atoms with Crippen molar-refractivity contribution in [3.8, 4) is 0 Å². The van der Waals surface area contributed by atoms with Gasteiger partial charge in [-0.2, -0.15) is 0 Å². The van der Waals surface area contributed by atoms with E-state index >= 15 is 0 Å². The number of halogens is 3. The predicted octanol–water partition coefficient (Wildman–Crippen LogP) is 2.82. The first-order valence-electron chi connectivity index (χ1n) is 4.38. The van der Waals surface area contributed by atoms with Crippen LogP contribution < -0.4 is 0 Å². The first-order valence-corrected chi connectivity index (χ1v) is 4.38. The van der Waals surface area contributed by atoms with E-state index in [1.807, 2.05) is 0 Å². The van der Waals surface area contributed by atoms with Crippen LogP contribution in [0.1, 0.15) is 5.56 Å². The highest BCUT2D eigenvalue weighted by atomic mass is 19.4. The molecule has 0 aliphatic rings. The Labute approximate surface area is 86.2 Å². The molecule has 0 saturated carbocycles. The van der Waals surface area contributed by atoms with Gasteiger partial charge in [0.15, 0.2) is 12.8 Å². The molecule has 0 heterocycles. The Hall–Kier alpha value is -1.58. The van der Waals surface area contributed by atoms with E-state index in [-0.39, 0.29) is 11.1 Å². The molecule has 4 heteroatoms. The van der Waals surface area contributed by atoms with E-state index in [2.05, 4.69) is 6.58 Å². The van der Waals surface area contributed by atoms with Gasteiger partial charge >= 0.3 is 6.30 Å². The van der Waals surface area contributed by atoms with Crippen LogP contribution in [-0.4, -0.2) is 23.6 Å². The van der Waals surface area contributed by atoms with Gasteiger partial charge in [-0.15, -0.1) is 17.7 Å². The molecule has 15 heavy (non-hydrogen) atoms. The summed E-state index contributed by atoms with van der Waals surface area (Å²) in [5.74, 6) is 0. The Kier molecular flexibility index (Phi) is 3.66. The molecule has 0 fully saturated rings. The molecular formula is C11H11F3N+. The molecule has 1 nitrogen and oxygen atoms in total. The van der Waals surface area contributed by atoms with E-state index in [9.17, 15) is 13.2 Å². The van der Waals surface area contributed by atoms with E-state index < -0.39 is 6.30 Å². The van der Waals surface area contributed by atoms with Gasteiger partial charge < -0.3 is 0 Å². The summed E-state index contributed by atoms with van der Waals surface area (Å²) in [4.78, 5) is 0. The monoisotopic (exact) mass is 214 g/mol. The summed E-state index contributed by atoms with van der Waals surface area (Å²) < 4.78 is 37.6. The quantitative estimate of drug-likeness (QED) is 0.315. The Morgan fingerprint density at radius 3 is 2.27 bits per heavy atom. The fraction of sp³-hybridized carbons (Fsp3) is 0.182. The number of hydrogen-bond donors (Lipinski definition) is 0. The molecule has 1 rings (SSSR count). The van der Waals surface area contributed by atoms with Crippen molar-refractivity contribution in [1.29, 1.82) is 0 Å². The average Bonchev–Trinajstić information content (AvgIpc) is 2.17. The minimum atomic E-state index is -4.37. The van der Waals surface area contributed by atoms with Gasteiger partial charge in [-0.3, -0.25) is 0 Å². The molecule has 0 aliphatic heterocycles. The summed E-state index contributed by atoms with van der Waals surface area (Å²) in [5, 5.41) is 0. The van der Waals surface area contributed by atoms with Crippen molar-refractivity contribution in [2.75, 3.05) is 6.54 Å². The lowest BCUT2D eigenvalue weighted by Crippen LogP contribution is -2.30. The molecular weight excluding hydrogens is 203 g/mol. The molecule has 0 atom stereocenters. The molecule has 0 amide bonds. The highest BCUT2D eigenvalue weighted by Crippen LogP contribution is 2.16. The maximum absolute atomic E-state index is 12.4. The smallest absolute Gasteiger partial charge is 0.136 e. The van der Waals surface area contributed by atoms with Crippen LogP contribution in [0.4, 0.5) is 13.2 Å². The number of benzene rings is 1. The van der Waals surface area contributed by atoms with Crippen molar-refractivity contribution in [2.24, 2.45) is 0 Å². The van der Waals surface area contributed by atoms with Crippen LogP contribution in [0.25, 0.3) is 0 Å². The normalized spacial score (nSPS) is 12.6. The topological polar surface area (TPSA) is 3.01 Å². The van der Waals surface area contributed by atoms with Crippen molar-refractivity contribution < 1.29 is 17.7 Å². The number of alkyl halides is 3. The summed E-state index contributed by atoms with van der Waals surface area (Å²) in [6.45, 7) is 3.04. The molecule has 0 aromatic heterocycles. The SMILES string of the molecule is C=CC/[N+](=C/c1ccccc1)C(F)(F)F. The van der Waals surface area contributed by atoms with Gasteiger partial charge in [-0.05, 0) is 18.2 Å². The Balaban J connectivity index is 2.99. The molecule has 0 saturated heterocycles. The lowest BCUT2D eigenvalue weighted by molar-refractivity contribution is -0.703. The van der Waals surface area contributed by atoms with E-state index in [1.54, 1.807) is 30.3 Å². The first-order chi connectivity index (χ1) is 7.04. The van der Waals surface area contributed by atoms with Gasteiger partial charge in [-0.1, -0.05) is 24.8 Å². The summed E-state index contributed by atoms with van der Waals surface area (Å²) >= 11 is 0. The van der Waals surface area contributed by atoms with Crippen molar-refractivity contribution in [1.82, 2.24) is 0 Å². The van der Waals surface area contributed by atoms with E-state index in [0.717, 1.165) is 6.21 Å². The van der Waals surface area contributed by atoms with Crippen LogP contribution in [-0.2, 0) is 0 Å². The Bertz CT molecular complexity index is 352. The second kappa shape index (κ2) is 4.77. The highest BCUT2D eigenvalue weighted by Gasteiger charge is 2.42. The zero-order valence-corrected chi connectivity index (χ0v) is 8.04. The molecule has 80 valence electrons. The fourth-order valence-electron chi connectivity index (χ4n) is 1.09. The van der Waals surface area contributed by atoms with E-state index in [4.69, 9.17) is 0 Å². The minimum absolute atomic E-state index is 0.252. The first kappa shape index (κ1) is 11.5. The number of hydrogen-bond acceptors (Lipinski definition) is 0. The standard InChI is InChI=1S/C11H11F3N/c1-2-8-15(11(12,13)14)9-10-6-4-3-5-7-10/h2-7,9H,1,8H2/q+1/b15-9-. The zero-order valence-electron chi connectivity index (χ0n) is 8.04. The predicted molar refractivity (Wildman–Crippen MR) is 53.0 cm³/mol. The molecule has 1 aromatic carbocycles. The second-order valence-corrected chi connectivity index (χ2v) is 2.95. The summed E-state index contributed by atoms with van der Waals surface area (Å²) in [7, 11) is 0. The van der Waals surface area contributed by atoms with Gasteiger partial charge in [0.2, 0.25) is 0 Å². The Morgan fingerprint density at radius 1 is 1.20 bits per heavy atom. The maximum atomic E-state index is 12.4. The Morgan fingerprint density at radius 2 is 1.80 bits per heavy atom. The number of nitrogens with zero attached hydrogens (tertiary/aromatic N) is 1. The lowest BCUT2D eigenvalue weighted by Gasteiger charge is -2.03. The fourth-order valence-corrected chi connectivity index (χ4v) is 1.09. The summed E-state index contributed by atoms with van der Waals surface area (Å²) in [5.41, 5.74) is 0.511. The van der Waals surface area contributed by atoms with Crippen LogP contribution in [0.5, 0.6) is 0 Å². The third-order valence-electron chi connectivity index (χ3n) is 1.76. The third-order valence-corrected chi connectivity index (χ3v) is 1.76. The van der Waals surface area contributed by atoms with Crippen molar-refractivity contribution in [2.45, 2.75) is 6.30 Å². The molecule has 0 N–H and O–H groups in total. The van der Waals surface area contributed by atoms with E-state index in [0.29, 0.717) is 5.56 Å². The van der Waals surface area contributed by atoms with Gasteiger partial charge in [0.05, 0.1) is 0 Å². The molecule has 1 aromatic rings. The van der Waals surface area contributed by atoms with E-state index in [1.165, 1.54) is 6.08 Å². The van der Waals surface area contributed by atoms with Crippen molar-refractivity contribution >= 4 is 6.21 Å².